The van der Waals surface area contributed by atoms with Crippen molar-refractivity contribution in [1.82, 2.24) is 4.90 Å². The van der Waals surface area contributed by atoms with E-state index in [9.17, 15) is 14.3 Å². The molecule has 1 heterocycles. The molecule has 4 heteroatoms. The van der Waals surface area contributed by atoms with Crippen molar-refractivity contribution in [2.24, 2.45) is 5.41 Å². The SMILES string of the molecule is CC(Cc1ccc(F)cc1)N1CCCC(C)(C(=O)O)C1. The number of aliphatic carboxylic acids is 1. The molecule has 0 radical (unpaired) electrons. The quantitative estimate of drug-likeness (QED) is 0.921. The summed E-state index contributed by atoms with van der Waals surface area (Å²) in [5, 5.41) is 9.35. The Balaban J connectivity index is 2.00. The fourth-order valence-electron chi connectivity index (χ4n) is 2.92. The number of rotatable bonds is 4. The molecular formula is C16H22FNO2. The highest BCUT2D eigenvalue weighted by Gasteiger charge is 2.38. The van der Waals surface area contributed by atoms with E-state index in [1.54, 1.807) is 12.1 Å². The largest absolute Gasteiger partial charge is 0.481 e. The smallest absolute Gasteiger partial charge is 0.310 e. The molecule has 20 heavy (non-hydrogen) atoms. The van der Waals surface area contributed by atoms with Crippen LogP contribution in [0, 0.1) is 11.2 Å². The van der Waals surface area contributed by atoms with Crippen LogP contribution in [0.1, 0.15) is 32.3 Å². The van der Waals surface area contributed by atoms with Gasteiger partial charge in [-0.25, -0.2) is 4.39 Å². The molecule has 2 rings (SSSR count). The average molecular weight is 279 g/mol. The zero-order chi connectivity index (χ0) is 14.8. The molecule has 0 aromatic heterocycles. The highest BCUT2D eigenvalue weighted by molar-refractivity contribution is 5.74. The molecule has 1 aromatic rings. The zero-order valence-electron chi connectivity index (χ0n) is 12.1. The Morgan fingerprint density at radius 1 is 1.45 bits per heavy atom. The highest BCUT2D eigenvalue weighted by atomic mass is 19.1. The fourth-order valence-corrected chi connectivity index (χ4v) is 2.92. The molecule has 0 saturated carbocycles. The molecule has 110 valence electrons. The third kappa shape index (κ3) is 3.37. The number of carbonyl (C=O) groups is 1. The van der Waals surface area contributed by atoms with E-state index in [-0.39, 0.29) is 11.9 Å². The Morgan fingerprint density at radius 3 is 2.70 bits per heavy atom. The number of halogens is 1. The fraction of sp³-hybridized carbons (Fsp3) is 0.562. The lowest BCUT2D eigenvalue weighted by molar-refractivity contribution is -0.151. The number of nitrogens with zero attached hydrogens (tertiary/aromatic N) is 1. The van der Waals surface area contributed by atoms with E-state index in [4.69, 9.17) is 0 Å². The minimum atomic E-state index is -0.712. The van der Waals surface area contributed by atoms with Gasteiger partial charge in [-0.2, -0.15) is 0 Å². The van der Waals surface area contributed by atoms with Gasteiger partial charge in [0.15, 0.2) is 0 Å². The number of hydrogen-bond donors (Lipinski definition) is 1. The Bertz CT molecular complexity index is 474. The highest BCUT2D eigenvalue weighted by Crippen LogP contribution is 2.31. The summed E-state index contributed by atoms with van der Waals surface area (Å²) in [4.78, 5) is 13.6. The first-order chi connectivity index (χ1) is 9.40. The molecule has 1 aromatic carbocycles. The predicted octanol–water partition coefficient (Wildman–Crippen LogP) is 2.94. The van der Waals surface area contributed by atoms with Gasteiger partial charge in [0.25, 0.3) is 0 Å². The molecule has 3 nitrogen and oxygen atoms in total. The molecule has 1 aliphatic rings. The Labute approximate surface area is 119 Å². The topological polar surface area (TPSA) is 40.5 Å². The maximum atomic E-state index is 12.9. The van der Waals surface area contributed by atoms with Crippen molar-refractivity contribution in [3.63, 3.8) is 0 Å². The summed E-state index contributed by atoms with van der Waals surface area (Å²) in [6, 6.07) is 6.80. The van der Waals surface area contributed by atoms with E-state index >= 15 is 0 Å². The van der Waals surface area contributed by atoms with Gasteiger partial charge in [-0.1, -0.05) is 12.1 Å². The molecular weight excluding hydrogens is 257 g/mol. The Kier molecular flexibility index (Phi) is 4.43. The number of hydrogen-bond acceptors (Lipinski definition) is 2. The Hall–Kier alpha value is -1.42. The summed E-state index contributed by atoms with van der Waals surface area (Å²) < 4.78 is 12.9. The molecule has 0 amide bonds. The van der Waals surface area contributed by atoms with Gasteiger partial charge in [0, 0.05) is 12.6 Å². The van der Waals surface area contributed by atoms with E-state index < -0.39 is 11.4 Å². The summed E-state index contributed by atoms with van der Waals surface area (Å²) in [6.45, 7) is 5.46. The van der Waals surface area contributed by atoms with Crippen molar-refractivity contribution in [3.8, 4) is 0 Å². The van der Waals surface area contributed by atoms with Crippen LogP contribution in [0.4, 0.5) is 4.39 Å². The van der Waals surface area contributed by atoms with Crippen molar-refractivity contribution in [1.29, 1.82) is 0 Å². The van der Waals surface area contributed by atoms with E-state index in [0.717, 1.165) is 31.4 Å². The van der Waals surface area contributed by atoms with Gasteiger partial charge in [-0.15, -0.1) is 0 Å². The first kappa shape index (κ1) is 15.0. The van der Waals surface area contributed by atoms with Crippen LogP contribution in [0.3, 0.4) is 0 Å². The number of likely N-dealkylation sites (tertiary alicyclic amines) is 1. The van der Waals surface area contributed by atoms with Crippen LogP contribution >= 0.6 is 0 Å². The minimum absolute atomic E-state index is 0.224. The second kappa shape index (κ2) is 5.92. The summed E-state index contributed by atoms with van der Waals surface area (Å²) in [5.74, 6) is -0.936. The zero-order valence-corrected chi connectivity index (χ0v) is 12.1. The summed E-state index contributed by atoms with van der Waals surface area (Å²) >= 11 is 0. The van der Waals surface area contributed by atoms with Crippen molar-refractivity contribution >= 4 is 5.97 Å². The first-order valence-corrected chi connectivity index (χ1v) is 7.12. The molecule has 0 aliphatic carbocycles. The van der Waals surface area contributed by atoms with E-state index in [1.807, 2.05) is 6.92 Å². The molecule has 1 aliphatic heterocycles. The third-order valence-corrected chi connectivity index (χ3v) is 4.31. The lowest BCUT2D eigenvalue weighted by Crippen LogP contribution is -2.49. The van der Waals surface area contributed by atoms with Gasteiger partial charge in [-0.3, -0.25) is 9.69 Å². The summed E-state index contributed by atoms with van der Waals surface area (Å²) in [5.41, 5.74) is 0.441. The molecule has 1 saturated heterocycles. The van der Waals surface area contributed by atoms with E-state index in [1.165, 1.54) is 12.1 Å². The van der Waals surface area contributed by atoms with Crippen LogP contribution in [0.15, 0.2) is 24.3 Å². The molecule has 1 N–H and O–H groups in total. The van der Waals surface area contributed by atoms with Gasteiger partial charge < -0.3 is 5.11 Å². The molecule has 0 bridgehead atoms. The average Bonchev–Trinajstić information content (AvgIpc) is 2.41. The van der Waals surface area contributed by atoms with Crippen molar-refractivity contribution in [2.45, 2.75) is 39.2 Å². The predicted molar refractivity (Wildman–Crippen MR) is 76.1 cm³/mol. The van der Waals surface area contributed by atoms with Gasteiger partial charge in [0.2, 0.25) is 0 Å². The van der Waals surface area contributed by atoms with Crippen LogP contribution in [-0.2, 0) is 11.2 Å². The Morgan fingerprint density at radius 2 is 2.10 bits per heavy atom. The van der Waals surface area contributed by atoms with Gasteiger partial charge in [0.1, 0.15) is 5.82 Å². The normalized spacial score (nSPS) is 25.4. The maximum Gasteiger partial charge on any atom is 0.310 e. The number of carboxylic acid groups (broad SMARTS) is 1. The van der Waals surface area contributed by atoms with Crippen molar-refractivity contribution in [3.05, 3.63) is 35.6 Å². The van der Waals surface area contributed by atoms with Crippen LogP contribution in [0.2, 0.25) is 0 Å². The minimum Gasteiger partial charge on any atom is -0.481 e. The van der Waals surface area contributed by atoms with Gasteiger partial charge >= 0.3 is 5.97 Å². The molecule has 2 atom stereocenters. The number of piperidine rings is 1. The first-order valence-electron chi connectivity index (χ1n) is 7.12. The molecule has 1 fully saturated rings. The van der Waals surface area contributed by atoms with E-state index in [2.05, 4.69) is 11.8 Å². The lowest BCUT2D eigenvalue weighted by atomic mass is 9.81. The van der Waals surface area contributed by atoms with Crippen LogP contribution in [-0.4, -0.2) is 35.1 Å². The maximum absolute atomic E-state index is 12.9. The summed E-state index contributed by atoms with van der Waals surface area (Å²) in [6.07, 6.45) is 2.47. The third-order valence-electron chi connectivity index (χ3n) is 4.31. The van der Waals surface area contributed by atoms with Gasteiger partial charge in [0.05, 0.1) is 5.41 Å². The molecule has 0 spiro atoms. The number of benzene rings is 1. The summed E-state index contributed by atoms with van der Waals surface area (Å²) in [7, 11) is 0. The second-order valence-corrected chi connectivity index (χ2v) is 6.12. The van der Waals surface area contributed by atoms with Crippen molar-refractivity contribution < 1.29 is 14.3 Å². The van der Waals surface area contributed by atoms with Crippen LogP contribution in [0.5, 0.6) is 0 Å². The van der Waals surface area contributed by atoms with Crippen LogP contribution < -0.4 is 0 Å². The van der Waals surface area contributed by atoms with Crippen LogP contribution in [0.25, 0.3) is 0 Å². The monoisotopic (exact) mass is 279 g/mol. The standard InChI is InChI=1S/C16H22FNO2/c1-12(10-13-4-6-14(17)7-5-13)18-9-3-8-16(2,11-18)15(19)20/h4-7,12H,3,8-11H2,1-2H3,(H,19,20). The van der Waals surface area contributed by atoms with E-state index in [0.29, 0.717) is 6.54 Å². The van der Waals surface area contributed by atoms with Gasteiger partial charge in [-0.05, 0) is 57.4 Å². The number of carboxylic acids is 1. The lowest BCUT2D eigenvalue weighted by Gasteiger charge is -2.40. The van der Waals surface area contributed by atoms with Crippen molar-refractivity contribution in [2.75, 3.05) is 13.1 Å². The molecule has 2 unspecified atom stereocenters. The second-order valence-electron chi connectivity index (χ2n) is 6.12.